The van der Waals surface area contributed by atoms with Gasteiger partial charge in [0.05, 0.1) is 0 Å². The van der Waals surface area contributed by atoms with Crippen LogP contribution in [0.25, 0.3) is 0 Å². The summed E-state index contributed by atoms with van der Waals surface area (Å²) in [6.07, 6.45) is 0.640. The summed E-state index contributed by atoms with van der Waals surface area (Å²) in [5.74, 6) is -0.478. The fourth-order valence-corrected chi connectivity index (χ4v) is 2.19. The first-order valence-electron chi connectivity index (χ1n) is 5.32. The number of halogens is 2. The van der Waals surface area contributed by atoms with Crippen molar-refractivity contribution in [2.75, 3.05) is 5.73 Å². The van der Waals surface area contributed by atoms with Crippen molar-refractivity contribution in [3.63, 3.8) is 0 Å². The molecule has 1 unspecified atom stereocenters. The highest BCUT2D eigenvalue weighted by atomic mass is 19.3. The van der Waals surface area contributed by atoms with Crippen LogP contribution < -0.4 is 5.73 Å². The molecule has 0 radical (unpaired) electrons. The average molecular weight is 211 g/mol. The maximum Gasteiger partial charge on any atom is 0.245 e. The predicted octanol–water partition coefficient (Wildman–Crippen LogP) is 3.42. The minimum absolute atomic E-state index is 0.145. The normalized spacial score (nSPS) is 18.9. The van der Waals surface area contributed by atoms with Crippen molar-refractivity contribution in [1.82, 2.24) is 0 Å². The highest BCUT2D eigenvalue weighted by Crippen LogP contribution is 2.42. The quantitative estimate of drug-likeness (QED) is 0.762. The molecule has 1 aliphatic rings. The standard InChI is InChI=1S/C12H15F2N/c13-12(14)11(8-3-1-4-8)9-5-2-6-10(15)7-9/h2,5-8,11-12H,1,3-4,15H2. The van der Waals surface area contributed by atoms with E-state index in [0.29, 0.717) is 11.3 Å². The van der Waals surface area contributed by atoms with Crippen LogP contribution in [0.15, 0.2) is 24.3 Å². The van der Waals surface area contributed by atoms with E-state index in [9.17, 15) is 8.78 Å². The Labute approximate surface area is 88.3 Å². The monoisotopic (exact) mass is 211 g/mol. The molecule has 2 rings (SSSR count). The van der Waals surface area contributed by atoms with Crippen molar-refractivity contribution in [3.8, 4) is 0 Å². The van der Waals surface area contributed by atoms with Gasteiger partial charge in [-0.2, -0.15) is 0 Å². The first kappa shape index (κ1) is 10.4. The minimum atomic E-state index is -2.28. The van der Waals surface area contributed by atoms with Gasteiger partial charge in [-0.25, -0.2) is 8.78 Å². The van der Waals surface area contributed by atoms with Gasteiger partial charge >= 0.3 is 0 Å². The number of anilines is 1. The molecular weight excluding hydrogens is 196 g/mol. The van der Waals surface area contributed by atoms with Gasteiger partial charge in [0.2, 0.25) is 6.43 Å². The summed E-state index contributed by atoms with van der Waals surface area (Å²) in [7, 11) is 0. The Morgan fingerprint density at radius 1 is 1.27 bits per heavy atom. The van der Waals surface area contributed by atoms with E-state index in [4.69, 9.17) is 5.73 Å². The molecule has 1 nitrogen and oxygen atoms in total. The second kappa shape index (κ2) is 4.17. The Morgan fingerprint density at radius 3 is 2.47 bits per heavy atom. The van der Waals surface area contributed by atoms with Crippen molar-refractivity contribution >= 4 is 5.69 Å². The van der Waals surface area contributed by atoms with Crippen molar-refractivity contribution < 1.29 is 8.78 Å². The van der Waals surface area contributed by atoms with Crippen LogP contribution in [0.3, 0.4) is 0 Å². The fourth-order valence-electron chi connectivity index (χ4n) is 2.19. The Bertz CT molecular complexity index is 334. The van der Waals surface area contributed by atoms with Gasteiger partial charge in [-0.3, -0.25) is 0 Å². The first-order valence-corrected chi connectivity index (χ1v) is 5.32. The minimum Gasteiger partial charge on any atom is -0.399 e. The summed E-state index contributed by atoms with van der Waals surface area (Å²) >= 11 is 0. The third-order valence-electron chi connectivity index (χ3n) is 3.22. The van der Waals surface area contributed by atoms with Crippen LogP contribution in [-0.2, 0) is 0 Å². The Hall–Kier alpha value is -1.12. The number of hydrogen-bond donors (Lipinski definition) is 1. The lowest BCUT2D eigenvalue weighted by atomic mass is 9.73. The lowest BCUT2D eigenvalue weighted by Gasteiger charge is -2.33. The molecule has 1 atom stereocenters. The molecule has 3 heteroatoms. The van der Waals surface area contributed by atoms with Crippen molar-refractivity contribution in [2.24, 2.45) is 5.92 Å². The van der Waals surface area contributed by atoms with Crippen LogP contribution in [0.5, 0.6) is 0 Å². The van der Waals surface area contributed by atoms with Crippen LogP contribution in [0.1, 0.15) is 30.7 Å². The summed E-state index contributed by atoms with van der Waals surface area (Å²) in [5.41, 5.74) is 6.87. The molecule has 1 aliphatic carbocycles. The molecule has 1 aromatic rings. The molecular formula is C12H15F2N. The number of nitrogen functional groups attached to an aromatic ring is 1. The van der Waals surface area contributed by atoms with Crippen molar-refractivity contribution in [2.45, 2.75) is 31.6 Å². The van der Waals surface area contributed by atoms with Gasteiger partial charge in [0.25, 0.3) is 0 Å². The molecule has 0 bridgehead atoms. The molecule has 15 heavy (non-hydrogen) atoms. The van der Waals surface area contributed by atoms with Gasteiger partial charge in [0, 0.05) is 11.6 Å². The molecule has 1 fully saturated rings. The van der Waals surface area contributed by atoms with Crippen LogP contribution in [0.2, 0.25) is 0 Å². The van der Waals surface area contributed by atoms with Crippen LogP contribution in [0.4, 0.5) is 14.5 Å². The average Bonchev–Trinajstić information content (AvgIpc) is 2.10. The van der Waals surface area contributed by atoms with Gasteiger partial charge < -0.3 is 5.73 Å². The third-order valence-corrected chi connectivity index (χ3v) is 3.22. The lowest BCUT2D eigenvalue weighted by molar-refractivity contribution is 0.0618. The summed E-state index contributed by atoms with van der Waals surface area (Å²) in [6.45, 7) is 0. The van der Waals surface area contributed by atoms with Gasteiger partial charge in [-0.15, -0.1) is 0 Å². The maximum atomic E-state index is 12.9. The zero-order valence-corrected chi connectivity index (χ0v) is 8.50. The maximum absolute atomic E-state index is 12.9. The SMILES string of the molecule is Nc1cccc(C(C(F)F)C2CCC2)c1. The lowest BCUT2D eigenvalue weighted by Crippen LogP contribution is -2.25. The predicted molar refractivity (Wildman–Crippen MR) is 56.9 cm³/mol. The Kier molecular flexibility index (Phi) is 2.89. The molecule has 0 heterocycles. The second-order valence-corrected chi connectivity index (χ2v) is 4.22. The van der Waals surface area contributed by atoms with Gasteiger partial charge in [-0.05, 0) is 36.5 Å². The fraction of sp³-hybridized carbons (Fsp3) is 0.500. The molecule has 0 spiro atoms. The number of nitrogens with two attached hydrogens (primary N) is 1. The first-order chi connectivity index (χ1) is 7.18. The van der Waals surface area contributed by atoms with Crippen molar-refractivity contribution in [1.29, 1.82) is 0 Å². The summed E-state index contributed by atoms with van der Waals surface area (Å²) in [5, 5.41) is 0. The van der Waals surface area contributed by atoms with E-state index in [2.05, 4.69) is 0 Å². The van der Waals surface area contributed by atoms with E-state index < -0.39 is 12.3 Å². The van der Waals surface area contributed by atoms with Crippen molar-refractivity contribution in [3.05, 3.63) is 29.8 Å². The number of rotatable bonds is 3. The zero-order valence-electron chi connectivity index (χ0n) is 8.50. The van der Waals surface area contributed by atoms with E-state index in [1.165, 1.54) is 0 Å². The molecule has 1 aromatic carbocycles. The molecule has 0 amide bonds. The summed E-state index contributed by atoms with van der Waals surface area (Å²) in [4.78, 5) is 0. The van der Waals surface area contributed by atoms with Gasteiger partial charge in [-0.1, -0.05) is 18.6 Å². The van der Waals surface area contributed by atoms with E-state index in [1.807, 2.05) is 0 Å². The smallest absolute Gasteiger partial charge is 0.245 e. The van der Waals surface area contributed by atoms with Gasteiger partial charge in [0.1, 0.15) is 0 Å². The van der Waals surface area contributed by atoms with Crippen LogP contribution in [-0.4, -0.2) is 6.43 Å². The molecule has 0 saturated heterocycles. The van der Waals surface area contributed by atoms with E-state index in [1.54, 1.807) is 24.3 Å². The summed E-state index contributed by atoms with van der Waals surface area (Å²) < 4.78 is 25.9. The highest BCUT2D eigenvalue weighted by molar-refractivity contribution is 5.42. The Morgan fingerprint density at radius 2 is 2.00 bits per heavy atom. The third kappa shape index (κ3) is 2.11. The number of alkyl halides is 2. The Balaban J connectivity index is 2.23. The zero-order chi connectivity index (χ0) is 10.8. The number of hydrogen-bond acceptors (Lipinski definition) is 1. The summed E-state index contributed by atoms with van der Waals surface area (Å²) in [6, 6.07) is 6.91. The topological polar surface area (TPSA) is 26.0 Å². The van der Waals surface area contributed by atoms with Crippen LogP contribution in [0, 0.1) is 5.92 Å². The number of benzene rings is 1. The van der Waals surface area contributed by atoms with E-state index in [-0.39, 0.29) is 5.92 Å². The van der Waals surface area contributed by atoms with Gasteiger partial charge in [0.15, 0.2) is 0 Å². The molecule has 0 aliphatic heterocycles. The molecule has 0 aromatic heterocycles. The second-order valence-electron chi connectivity index (χ2n) is 4.22. The highest BCUT2D eigenvalue weighted by Gasteiger charge is 2.34. The molecule has 2 N–H and O–H groups in total. The largest absolute Gasteiger partial charge is 0.399 e. The molecule has 82 valence electrons. The van der Waals surface area contributed by atoms with E-state index >= 15 is 0 Å². The molecule has 1 saturated carbocycles. The van der Waals surface area contributed by atoms with E-state index in [0.717, 1.165) is 19.3 Å². The van der Waals surface area contributed by atoms with Crippen LogP contribution >= 0.6 is 0 Å².